The molecule has 1 aromatic rings. The Morgan fingerprint density at radius 2 is 2.21 bits per heavy atom. The quantitative estimate of drug-likeness (QED) is 0.848. The van der Waals surface area contributed by atoms with E-state index in [0.717, 1.165) is 17.6 Å². The molecule has 0 aromatic heterocycles. The first kappa shape index (κ1) is 10.1. The number of benzene rings is 1. The molecule has 0 bridgehead atoms. The molecule has 1 heterocycles. The molecule has 0 radical (unpaired) electrons. The molecule has 2 nitrogen and oxygen atoms in total. The Morgan fingerprint density at radius 1 is 1.43 bits per heavy atom. The molecule has 0 spiro atoms. The summed E-state index contributed by atoms with van der Waals surface area (Å²) < 4.78 is 1.12. The van der Waals surface area contributed by atoms with Gasteiger partial charge >= 0.3 is 0 Å². The van der Waals surface area contributed by atoms with Crippen LogP contribution in [0.2, 0.25) is 0 Å². The van der Waals surface area contributed by atoms with Gasteiger partial charge in [-0.25, -0.2) is 0 Å². The Kier molecular flexibility index (Phi) is 3.21. The van der Waals surface area contributed by atoms with Gasteiger partial charge in [-0.1, -0.05) is 34.1 Å². The van der Waals surface area contributed by atoms with E-state index in [1.165, 1.54) is 12.0 Å². The highest BCUT2D eigenvalue weighted by Crippen LogP contribution is 2.29. The van der Waals surface area contributed by atoms with E-state index in [9.17, 15) is 0 Å². The van der Waals surface area contributed by atoms with Gasteiger partial charge in [0.2, 0.25) is 0 Å². The molecule has 76 valence electrons. The molecule has 0 saturated carbocycles. The van der Waals surface area contributed by atoms with E-state index in [-0.39, 0.29) is 6.04 Å². The van der Waals surface area contributed by atoms with Crippen LogP contribution in [0.3, 0.4) is 0 Å². The van der Waals surface area contributed by atoms with Gasteiger partial charge in [0.05, 0.1) is 0 Å². The van der Waals surface area contributed by atoms with E-state index in [4.69, 9.17) is 5.73 Å². The van der Waals surface area contributed by atoms with Crippen molar-refractivity contribution in [3.63, 3.8) is 0 Å². The predicted octanol–water partition coefficient (Wildman–Crippen LogP) is 2.06. The molecular formula is C11H15BrN2. The molecule has 3 N–H and O–H groups in total. The van der Waals surface area contributed by atoms with E-state index in [0.29, 0.717) is 5.92 Å². The fraction of sp³-hybridized carbons (Fsp3) is 0.455. The SMILES string of the molecule is NC(c1ccccc1Br)C1CCNC1. The van der Waals surface area contributed by atoms with Gasteiger partial charge in [-0.15, -0.1) is 0 Å². The van der Waals surface area contributed by atoms with Crippen molar-refractivity contribution in [3.05, 3.63) is 34.3 Å². The summed E-state index contributed by atoms with van der Waals surface area (Å²) in [6.45, 7) is 2.14. The Bertz CT molecular complexity index is 308. The molecule has 1 aliphatic rings. The molecule has 2 rings (SSSR count). The molecule has 2 unspecified atom stereocenters. The molecule has 1 aliphatic heterocycles. The van der Waals surface area contributed by atoms with Crippen molar-refractivity contribution < 1.29 is 0 Å². The smallest absolute Gasteiger partial charge is 0.0347 e. The summed E-state index contributed by atoms with van der Waals surface area (Å²) in [6, 6.07) is 8.38. The van der Waals surface area contributed by atoms with Gasteiger partial charge in [0, 0.05) is 10.5 Å². The van der Waals surface area contributed by atoms with Crippen LogP contribution in [0.5, 0.6) is 0 Å². The van der Waals surface area contributed by atoms with Crippen molar-refractivity contribution >= 4 is 15.9 Å². The average molecular weight is 255 g/mol. The lowest BCUT2D eigenvalue weighted by Gasteiger charge is -2.19. The normalized spacial score (nSPS) is 23.7. The van der Waals surface area contributed by atoms with Gasteiger partial charge in [-0.3, -0.25) is 0 Å². The van der Waals surface area contributed by atoms with Crippen molar-refractivity contribution in [3.8, 4) is 0 Å². The van der Waals surface area contributed by atoms with Crippen LogP contribution in [0.25, 0.3) is 0 Å². The molecule has 1 fully saturated rings. The highest BCUT2D eigenvalue weighted by Gasteiger charge is 2.23. The van der Waals surface area contributed by atoms with Crippen LogP contribution < -0.4 is 11.1 Å². The summed E-state index contributed by atoms with van der Waals surface area (Å²) in [5.74, 6) is 0.577. The summed E-state index contributed by atoms with van der Waals surface area (Å²) in [4.78, 5) is 0. The van der Waals surface area contributed by atoms with Crippen LogP contribution >= 0.6 is 15.9 Å². The number of nitrogens with one attached hydrogen (secondary N) is 1. The summed E-state index contributed by atoms with van der Waals surface area (Å²) in [7, 11) is 0. The van der Waals surface area contributed by atoms with Crippen molar-refractivity contribution in [1.29, 1.82) is 0 Å². The Balaban J connectivity index is 2.17. The minimum Gasteiger partial charge on any atom is -0.324 e. The number of hydrogen-bond acceptors (Lipinski definition) is 2. The molecule has 2 atom stereocenters. The second-order valence-electron chi connectivity index (χ2n) is 3.80. The average Bonchev–Trinajstić information content (AvgIpc) is 2.70. The van der Waals surface area contributed by atoms with E-state index in [1.54, 1.807) is 0 Å². The van der Waals surface area contributed by atoms with Gasteiger partial charge in [-0.2, -0.15) is 0 Å². The van der Waals surface area contributed by atoms with E-state index in [1.807, 2.05) is 12.1 Å². The first-order chi connectivity index (χ1) is 6.79. The van der Waals surface area contributed by atoms with Crippen molar-refractivity contribution in [2.24, 2.45) is 11.7 Å². The maximum absolute atomic E-state index is 6.23. The Labute approximate surface area is 93.0 Å². The Hall–Kier alpha value is -0.380. The summed E-state index contributed by atoms with van der Waals surface area (Å²) in [6.07, 6.45) is 1.18. The van der Waals surface area contributed by atoms with E-state index < -0.39 is 0 Å². The number of nitrogens with two attached hydrogens (primary N) is 1. The van der Waals surface area contributed by atoms with Gasteiger partial charge in [0.25, 0.3) is 0 Å². The molecule has 0 aliphatic carbocycles. The zero-order valence-corrected chi connectivity index (χ0v) is 9.63. The fourth-order valence-corrected chi connectivity index (χ4v) is 2.53. The lowest BCUT2D eigenvalue weighted by atomic mass is 9.93. The minimum atomic E-state index is 0.153. The van der Waals surface area contributed by atoms with Crippen LogP contribution in [0, 0.1) is 5.92 Å². The molecule has 0 amide bonds. The van der Waals surface area contributed by atoms with Gasteiger partial charge < -0.3 is 11.1 Å². The maximum Gasteiger partial charge on any atom is 0.0347 e. The van der Waals surface area contributed by atoms with Crippen molar-refractivity contribution in [2.45, 2.75) is 12.5 Å². The van der Waals surface area contributed by atoms with Crippen LogP contribution in [0.1, 0.15) is 18.0 Å². The number of hydrogen-bond donors (Lipinski definition) is 2. The third-order valence-electron chi connectivity index (χ3n) is 2.87. The minimum absolute atomic E-state index is 0.153. The standard InChI is InChI=1S/C11H15BrN2/c12-10-4-2-1-3-9(10)11(13)8-5-6-14-7-8/h1-4,8,11,14H,5-7,13H2. The second kappa shape index (κ2) is 4.43. The van der Waals surface area contributed by atoms with Crippen molar-refractivity contribution in [1.82, 2.24) is 5.32 Å². The van der Waals surface area contributed by atoms with Crippen LogP contribution in [0.15, 0.2) is 28.7 Å². The summed E-state index contributed by atoms with van der Waals surface area (Å²) in [5.41, 5.74) is 7.45. The Morgan fingerprint density at radius 3 is 2.86 bits per heavy atom. The lowest BCUT2D eigenvalue weighted by Crippen LogP contribution is -2.23. The maximum atomic E-state index is 6.23. The zero-order chi connectivity index (χ0) is 9.97. The van der Waals surface area contributed by atoms with Crippen LogP contribution in [-0.2, 0) is 0 Å². The first-order valence-electron chi connectivity index (χ1n) is 5.00. The largest absolute Gasteiger partial charge is 0.324 e. The second-order valence-corrected chi connectivity index (χ2v) is 4.65. The van der Waals surface area contributed by atoms with Crippen LogP contribution in [-0.4, -0.2) is 13.1 Å². The van der Waals surface area contributed by atoms with Crippen LogP contribution in [0.4, 0.5) is 0 Å². The molecule has 1 saturated heterocycles. The lowest BCUT2D eigenvalue weighted by molar-refractivity contribution is 0.469. The molecular weight excluding hydrogens is 240 g/mol. The van der Waals surface area contributed by atoms with Crippen molar-refractivity contribution in [2.75, 3.05) is 13.1 Å². The highest BCUT2D eigenvalue weighted by molar-refractivity contribution is 9.10. The molecule has 1 aromatic carbocycles. The number of halogens is 1. The third kappa shape index (κ3) is 2.00. The topological polar surface area (TPSA) is 38.0 Å². The van der Waals surface area contributed by atoms with E-state index in [2.05, 4.69) is 33.4 Å². The van der Waals surface area contributed by atoms with Gasteiger partial charge in [0.1, 0.15) is 0 Å². The van der Waals surface area contributed by atoms with Gasteiger partial charge in [0.15, 0.2) is 0 Å². The molecule has 14 heavy (non-hydrogen) atoms. The zero-order valence-electron chi connectivity index (χ0n) is 8.04. The predicted molar refractivity (Wildman–Crippen MR) is 62.0 cm³/mol. The highest BCUT2D eigenvalue weighted by atomic mass is 79.9. The van der Waals surface area contributed by atoms with Gasteiger partial charge in [-0.05, 0) is 37.1 Å². The fourth-order valence-electron chi connectivity index (χ4n) is 1.98. The first-order valence-corrected chi connectivity index (χ1v) is 5.79. The number of rotatable bonds is 2. The summed E-state index contributed by atoms with van der Waals surface area (Å²) in [5, 5.41) is 3.35. The van der Waals surface area contributed by atoms with E-state index >= 15 is 0 Å². The monoisotopic (exact) mass is 254 g/mol. The summed E-state index contributed by atoms with van der Waals surface area (Å²) >= 11 is 3.54. The molecule has 3 heteroatoms. The third-order valence-corrected chi connectivity index (χ3v) is 3.59.